The third-order valence-corrected chi connectivity index (χ3v) is 3.24. The molecule has 3 nitrogen and oxygen atoms in total. The Morgan fingerprint density at radius 1 is 1.22 bits per heavy atom. The number of benzene rings is 1. The van der Waals surface area contributed by atoms with E-state index in [1.54, 1.807) is 0 Å². The quantitative estimate of drug-likeness (QED) is 0.872. The molecule has 0 unspecified atom stereocenters. The highest BCUT2D eigenvalue weighted by atomic mass is 35.5. The molecule has 3 N–H and O–H groups in total. The Morgan fingerprint density at radius 3 is 2.67 bits per heavy atom. The fourth-order valence-corrected chi connectivity index (χ4v) is 2.36. The van der Waals surface area contributed by atoms with Crippen molar-refractivity contribution in [2.45, 2.75) is 32.1 Å². The zero-order valence-electron chi connectivity index (χ0n) is 10.6. The molecule has 0 bridgehead atoms. The van der Waals surface area contributed by atoms with Gasteiger partial charge in [-0.15, -0.1) is 12.4 Å². The van der Waals surface area contributed by atoms with Crippen LogP contribution in [0.25, 0.3) is 0 Å². The van der Waals surface area contributed by atoms with Crippen molar-refractivity contribution < 1.29 is 4.79 Å². The maximum atomic E-state index is 11.6. The van der Waals surface area contributed by atoms with Crippen molar-refractivity contribution in [1.82, 2.24) is 5.32 Å². The number of hydrogen-bond acceptors (Lipinski definition) is 2. The van der Waals surface area contributed by atoms with E-state index in [4.69, 9.17) is 5.73 Å². The van der Waals surface area contributed by atoms with Crippen LogP contribution in [0.4, 0.5) is 0 Å². The molecule has 0 radical (unpaired) electrons. The average molecular weight is 269 g/mol. The van der Waals surface area contributed by atoms with Crippen LogP contribution in [-0.4, -0.2) is 19.0 Å². The first-order valence-corrected chi connectivity index (χ1v) is 6.37. The van der Waals surface area contributed by atoms with Crippen molar-refractivity contribution in [2.75, 3.05) is 13.1 Å². The van der Waals surface area contributed by atoms with Crippen molar-refractivity contribution in [3.05, 3.63) is 34.9 Å². The van der Waals surface area contributed by atoms with Crippen LogP contribution in [0.3, 0.4) is 0 Å². The molecule has 0 heterocycles. The molecule has 0 saturated heterocycles. The fraction of sp³-hybridized carbons (Fsp3) is 0.500. The van der Waals surface area contributed by atoms with Crippen molar-refractivity contribution >= 4 is 18.3 Å². The lowest BCUT2D eigenvalue weighted by Gasteiger charge is -2.16. The molecule has 0 atom stereocenters. The minimum Gasteiger partial charge on any atom is -0.355 e. The van der Waals surface area contributed by atoms with Gasteiger partial charge >= 0.3 is 0 Å². The maximum absolute atomic E-state index is 11.6. The number of nitrogens with one attached hydrogen (secondary N) is 1. The molecule has 1 amide bonds. The van der Waals surface area contributed by atoms with Gasteiger partial charge in [-0.25, -0.2) is 0 Å². The number of amides is 1. The number of carbonyl (C=O) groups is 1. The first-order valence-electron chi connectivity index (χ1n) is 6.37. The minimum atomic E-state index is 0. The molecule has 18 heavy (non-hydrogen) atoms. The van der Waals surface area contributed by atoms with Crippen molar-refractivity contribution in [2.24, 2.45) is 5.73 Å². The first kappa shape index (κ1) is 15.0. The molecular weight excluding hydrogens is 248 g/mol. The topological polar surface area (TPSA) is 55.1 Å². The van der Waals surface area contributed by atoms with Gasteiger partial charge in [0.25, 0.3) is 0 Å². The highest BCUT2D eigenvalue weighted by molar-refractivity contribution is 5.85. The lowest BCUT2D eigenvalue weighted by atomic mass is 9.90. The van der Waals surface area contributed by atoms with E-state index in [1.807, 2.05) is 0 Å². The molecule has 100 valence electrons. The van der Waals surface area contributed by atoms with Gasteiger partial charge < -0.3 is 11.1 Å². The Bertz CT molecular complexity index is 407. The summed E-state index contributed by atoms with van der Waals surface area (Å²) in [7, 11) is 0. The van der Waals surface area contributed by atoms with E-state index in [1.165, 1.54) is 30.4 Å². The van der Waals surface area contributed by atoms with E-state index in [2.05, 4.69) is 23.5 Å². The van der Waals surface area contributed by atoms with Gasteiger partial charge in [-0.2, -0.15) is 0 Å². The summed E-state index contributed by atoms with van der Waals surface area (Å²) in [5.41, 5.74) is 9.35. The summed E-state index contributed by atoms with van der Waals surface area (Å²) < 4.78 is 0. The van der Waals surface area contributed by atoms with Crippen LogP contribution in [0.15, 0.2) is 18.2 Å². The maximum Gasteiger partial charge on any atom is 0.224 e. The summed E-state index contributed by atoms with van der Waals surface area (Å²) in [5.74, 6) is 0.0613. The predicted molar refractivity (Wildman–Crippen MR) is 76.1 cm³/mol. The second kappa shape index (κ2) is 7.39. The summed E-state index contributed by atoms with van der Waals surface area (Å²) in [4.78, 5) is 11.6. The number of halogens is 1. The highest BCUT2D eigenvalue weighted by Crippen LogP contribution is 2.22. The number of fused-ring (bicyclic) bond motifs is 1. The molecule has 0 aromatic heterocycles. The Kier molecular flexibility index (Phi) is 6.16. The third kappa shape index (κ3) is 4.00. The van der Waals surface area contributed by atoms with Crippen LogP contribution in [0, 0.1) is 0 Å². The summed E-state index contributed by atoms with van der Waals surface area (Å²) >= 11 is 0. The molecule has 1 aromatic carbocycles. The largest absolute Gasteiger partial charge is 0.355 e. The molecular formula is C14H21ClN2O. The van der Waals surface area contributed by atoms with Crippen molar-refractivity contribution in [3.63, 3.8) is 0 Å². The van der Waals surface area contributed by atoms with Gasteiger partial charge in [0.1, 0.15) is 0 Å². The minimum absolute atomic E-state index is 0. The van der Waals surface area contributed by atoms with E-state index in [0.717, 1.165) is 12.0 Å². The molecule has 0 spiro atoms. The SMILES string of the molecule is Cl.NCCNC(=O)Cc1ccc2c(c1)CCCC2. The van der Waals surface area contributed by atoms with E-state index < -0.39 is 0 Å². The first-order chi connectivity index (χ1) is 8.29. The molecule has 2 rings (SSSR count). The van der Waals surface area contributed by atoms with Crippen LogP contribution in [0.5, 0.6) is 0 Å². The Morgan fingerprint density at radius 2 is 1.94 bits per heavy atom. The summed E-state index contributed by atoms with van der Waals surface area (Å²) in [5, 5.41) is 2.80. The summed E-state index contributed by atoms with van der Waals surface area (Å²) in [6.45, 7) is 1.06. The normalized spacial score (nSPS) is 13.4. The van der Waals surface area contributed by atoms with Gasteiger partial charge in [-0.05, 0) is 42.4 Å². The molecule has 4 heteroatoms. The molecule has 0 fully saturated rings. The lowest BCUT2D eigenvalue weighted by Crippen LogP contribution is -2.30. The second-order valence-electron chi connectivity index (χ2n) is 4.63. The standard InChI is InChI=1S/C14H20N2O.ClH/c15-7-8-16-14(17)10-11-5-6-12-3-1-2-4-13(12)9-11;/h5-6,9H,1-4,7-8,10,15H2,(H,16,17);1H. The number of carbonyl (C=O) groups excluding carboxylic acids is 1. The van der Waals surface area contributed by atoms with Gasteiger partial charge in [0.2, 0.25) is 5.91 Å². The summed E-state index contributed by atoms with van der Waals surface area (Å²) in [6, 6.07) is 6.45. The van der Waals surface area contributed by atoms with Crippen molar-refractivity contribution in [3.8, 4) is 0 Å². The number of aryl methyl sites for hydroxylation is 2. The number of hydrogen-bond donors (Lipinski definition) is 2. The third-order valence-electron chi connectivity index (χ3n) is 3.24. The Labute approximate surface area is 115 Å². The second-order valence-corrected chi connectivity index (χ2v) is 4.63. The fourth-order valence-electron chi connectivity index (χ4n) is 2.36. The Balaban J connectivity index is 0.00000162. The monoisotopic (exact) mass is 268 g/mol. The van der Waals surface area contributed by atoms with Gasteiger partial charge in [0.05, 0.1) is 6.42 Å². The molecule has 1 aromatic rings. The van der Waals surface area contributed by atoms with E-state index in [9.17, 15) is 4.79 Å². The van der Waals surface area contributed by atoms with Crippen LogP contribution in [-0.2, 0) is 24.1 Å². The van der Waals surface area contributed by atoms with E-state index in [-0.39, 0.29) is 18.3 Å². The molecule has 0 saturated carbocycles. The zero-order chi connectivity index (χ0) is 12.1. The molecule has 1 aliphatic carbocycles. The predicted octanol–water partition coefficient (Wildman–Crippen LogP) is 1.60. The van der Waals surface area contributed by atoms with Crippen LogP contribution in [0.2, 0.25) is 0 Å². The number of rotatable bonds is 4. The van der Waals surface area contributed by atoms with E-state index in [0.29, 0.717) is 19.5 Å². The van der Waals surface area contributed by atoms with Crippen LogP contribution < -0.4 is 11.1 Å². The molecule has 1 aliphatic rings. The zero-order valence-corrected chi connectivity index (χ0v) is 11.4. The number of nitrogens with two attached hydrogens (primary N) is 1. The lowest BCUT2D eigenvalue weighted by molar-refractivity contribution is -0.120. The Hall–Kier alpha value is -1.06. The van der Waals surface area contributed by atoms with Crippen LogP contribution >= 0.6 is 12.4 Å². The molecule has 0 aliphatic heterocycles. The van der Waals surface area contributed by atoms with E-state index >= 15 is 0 Å². The van der Waals surface area contributed by atoms with Gasteiger partial charge in [0.15, 0.2) is 0 Å². The van der Waals surface area contributed by atoms with Gasteiger partial charge in [-0.1, -0.05) is 18.2 Å². The van der Waals surface area contributed by atoms with Crippen molar-refractivity contribution in [1.29, 1.82) is 0 Å². The smallest absolute Gasteiger partial charge is 0.224 e. The van der Waals surface area contributed by atoms with Gasteiger partial charge in [-0.3, -0.25) is 4.79 Å². The summed E-state index contributed by atoms with van der Waals surface area (Å²) in [6.07, 6.45) is 5.38. The highest BCUT2D eigenvalue weighted by Gasteiger charge is 2.10. The average Bonchev–Trinajstić information content (AvgIpc) is 2.36. The van der Waals surface area contributed by atoms with Crippen LogP contribution in [0.1, 0.15) is 29.5 Å². The van der Waals surface area contributed by atoms with Gasteiger partial charge in [0, 0.05) is 13.1 Å².